The first-order valence-electron chi connectivity index (χ1n) is 10.8. The Kier molecular flexibility index (Phi) is 5.41. The van der Waals surface area contributed by atoms with Crippen LogP contribution in [-0.4, -0.2) is 36.3 Å². The van der Waals surface area contributed by atoms with Gasteiger partial charge in [-0.1, -0.05) is 18.2 Å². The van der Waals surface area contributed by atoms with Crippen molar-refractivity contribution < 1.29 is 9.53 Å². The van der Waals surface area contributed by atoms with Crippen molar-refractivity contribution in [2.24, 2.45) is 7.05 Å². The summed E-state index contributed by atoms with van der Waals surface area (Å²) in [7, 11) is 1.86. The molecular weight excluding hydrogens is 450 g/mol. The monoisotopic (exact) mass is 473 g/mol. The topological polar surface area (TPSA) is 83.9 Å². The van der Waals surface area contributed by atoms with Gasteiger partial charge in [0.05, 0.1) is 16.8 Å². The highest BCUT2D eigenvalue weighted by Crippen LogP contribution is 2.26. The summed E-state index contributed by atoms with van der Waals surface area (Å²) in [6, 6.07) is 13.2. The number of ketones is 1. The third kappa shape index (κ3) is 3.45. The average molecular weight is 474 g/mol. The number of Topliss-reactive ketones (excluding diaryl/α,β-unsaturated/α-hetero) is 1. The Bertz CT molecular complexity index is 1590. The highest BCUT2D eigenvalue weighted by molar-refractivity contribution is 7.16. The summed E-state index contributed by atoms with van der Waals surface area (Å²) >= 11 is 1.49. The summed E-state index contributed by atoms with van der Waals surface area (Å²) in [5.41, 5.74) is 3.96. The molecule has 0 radical (unpaired) electrons. The first-order valence-corrected chi connectivity index (χ1v) is 11.6. The minimum absolute atomic E-state index is 0.149. The van der Waals surface area contributed by atoms with Gasteiger partial charge >= 0.3 is 0 Å². The number of hydrogen-bond donors (Lipinski definition) is 0. The van der Waals surface area contributed by atoms with Gasteiger partial charge in [-0.05, 0) is 50.4 Å². The molecule has 0 saturated heterocycles. The van der Waals surface area contributed by atoms with Crippen LogP contribution in [0.1, 0.15) is 27.4 Å². The second-order valence-corrected chi connectivity index (χ2v) is 8.96. The van der Waals surface area contributed by atoms with E-state index in [1.165, 1.54) is 17.7 Å². The maximum absolute atomic E-state index is 13.5. The Labute approximate surface area is 199 Å². The number of benzene rings is 1. The molecule has 4 aromatic heterocycles. The van der Waals surface area contributed by atoms with Gasteiger partial charge in [-0.25, -0.2) is 14.6 Å². The number of carbonyl (C=O) groups is 1. The van der Waals surface area contributed by atoms with Gasteiger partial charge in [-0.2, -0.15) is 0 Å². The molecule has 0 aliphatic carbocycles. The number of nitrogens with zero attached hydrogens (tertiary/aromatic N) is 5. The van der Waals surface area contributed by atoms with Crippen LogP contribution in [0.3, 0.4) is 0 Å². The number of carbonyl (C=O) groups excluding carboxylic acids is 1. The van der Waals surface area contributed by atoms with Crippen molar-refractivity contribution in [3.63, 3.8) is 0 Å². The van der Waals surface area contributed by atoms with Crippen LogP contribution in [-0.2, 0) is 7.05 Å². The molecule has 34 heavy (non-hydrogen) atoms. The van der Waals surface area contributed by atoms with Crippen molar-refractivity contribution in [2.45, 2.75) is 20.8 Å². The fourth-order valence-electron chi connectivity index (χ4n) is 4.29. The van der Waals surface area contributed by atoms with E-state index in [2.05, 4.69) is 9.97 Å². The normalized spacial score (nSPS) is 11.3. The van der Waals surface area contributed by atoms with Gasteiger partial charge in [-0.3, -0.25) is 14.3 Å². The second-order valence-electron chi connectivity index (χ2n) is 8.06. The van der Waals surface area contributed by atoms with Crippen LogP contribution in [0.2, 0.25) is 0 Å². The Hall–Kier alpha value is -3.98. The zero-order valence-corrected chi connectivity index (χ0v) is 20.1. The van der Waals surface area contributed by atoms with E-state index in [1.807, 2.05) is 78.8 Å². The molecule has 8 nitrogen and oxygen atoms in total. The van der Waals surface area contributed by atoms with Gasteiger partial charge in [0.1, 0.15) is 16.8 Å². The SMILES string of the molecule is Cc1cc(C(=O)COc2ncnc3sccc23)c(C)n1-c1c(C)n(C)n(-c2ccccc2)c1=O. The summed E-state index contributed by atoms with van der Waals surface area (Å²) < 4.78 is 11.1. The molecule has 0 aliphatic rings. The number of aryl methyl sites for hydroxylation is 1. The molecular formula is C25H23N5O3S. The molecule has 0 amide bonds. The van der Waals surface area contributed by atoms with Crippen LogP contribution >= 0.6 is 11.3 Å². The minimum atomic E-state index is -0.182. The Balaban J connectivity index is 1.50. The number of fused-ring (bicyclic) bond motifs is 1. The molecule has 5 rings (SSSR count). The van der Waals surface area contributed by atoms with Gasteiger partial charge in [-0.15, -0.1) is 11.3 Å². The Morgan fingerprint density at radius 1 is 1.06 bits per heavy atom. The lowest BCUT2D eigenvalue weighted by atomic mass is 10.1. The van der Waals surface area contributed by atoms with Gasteiger partial charge in [0.2, 0.25) is 11.7 Å². The predicted molar refractivity (Wildman–Crippen MR) is 132 cm³/mol. The van der Waals surface area contributed by atoms with Gasteiger partial charge < -0.3 is 9.30 Å². The van der Waals surface area contributed by atoms with Crippen molar-refractivity contribution in [1.29, 1.82) is 0 Å². The van der Waals surface area contributed by atoms with Crippen LogP contribution < -0.4 is 10.3 Å². The lowest BCUT2D eigenvalue weighted by Gasteiger charge is -2.09. The number of hydrogen-bond acceptors (Lipinski definition) is 6. The number of ether oxygens (including phenoxy) is 1. The van der Waals surface area contributed by atoms with Crippen LogP contribution in [0, 0.1) is 20.8 Å². The molecule has 0 saturated carbocycles. The van der Waals surface area contributed by atoms with Gasteiger partial charge in [0.25, 0.3) is 5.56 Å². The third-order valence-corrected chi connectivity index (χ3v) is 6.86. The smallest absolute Gasteiger partial charge is 0.295 e. The quantitative estimate of drug-likeness (QED) is 0.346. The van der Waals surface area contributed by atoms with Crippen molar-refractivity contribution in [3.8, 4) is 17.3 Å². The first kappa shape index (κ1) is 21.8. The first-order chi connectivity index (χ1) is 16.4. The summed E-state index contributed by atoms with van der Waals surface area (Å²) in [6.07, 6.45) is 1.43. The molecule has 1 aromatic carbocycles. The van der Waals surface area contributed by atoms with E-state index >= 15 is 0 Å². The van der Waals surface area contributed by atoms with Crippen molar-refractivity contribution >= 4 is 27.3 Å². The maximum Gasteiger partial charge on any atom is 0.295 e. The van der Waals surface area contributed by atoms with E-state index in [0.717, 1.165) is 27.3 Å². The second kappa shape index (κ2) is 8.42. The van der Waals surface area contributed by atoms with E-state index in [-0.39, 0.29) is 17.9 Å². The molecule has 5 aromatic rings. The zero-order chi connectivity index (χ0) is 24.0. The predicted octanol–water partition coefficient (Wildman–Crippen LogP) is 4.16. The summed E-state index contributed by atoms with van der Waals surface area (Å²) in [5.74, 6) is 0.205. The standard InChI is InChI=1S/C25H23N5O3S/c1-15-12-20(21(31)13-33-23-19-10-11-34-24(19)27-14-26-23)16(2)29(15)22-17(3)28(4)30(25(22)32)18-8-6-5-7-9-18/h5-12,14H,13H2,1-4H3. The molecule has 0 bridgehead atoms. The average Bonchev–Trinajstić information content (AvgIpc) is 3.49. The summed E-state index contributed by atoms with van der Waals surface area (Å²) in [5, 5.41) is 2.69. The lowest BCUT2D eigenvalue weighted by molar-refractivity contribution is 0.0918. The fourth-order valence-corrected chi connectivity index (χ4v) is 5.02. The molecule has 9 heteroatoms. The molecule has 0 N–H and O–H groups in total. The van der Waals surface area contributed by atoms with E-state index < -0.39 is 0 Å². The van der Waals surface area contributed by atoms with E-state index in [9.17, 15) is 9.59 Å². The van der Waals surface area contributed by atoms with Gasteiger partial charge in [0, 0.05) is 24.0 Å². The van der Waals surface area contributed by atoms with E-state index in [1.54, 1.807) is 10.7 Å². The molecule has 4 heterocycles. The van der Waals surface area contributed by atoms with E-state index in [0.29, 0.717) is 22.8 Å². The highest BCUT2D eigenvalue weighted by Gasteiger charge is 2.24. The highest BCUT2D eigenvalue weighted by atomic mass is 32.1. The Morgan fingerprint density at radius 2 is 1.82 bits per heavy atom. The number of aromatic nitrogens is 5. The fraction of sp³-hybridized carbons (Fsp3) is 0.200. The Morgan fingerprint density at radius 3 is 2.59 bits per heavy atom. The number of rotatable bonds is 6. The van der Waals surface area contributed by atoms with Crippen LogP contribution in [0.5, 0.6) is 5.88 Å². The van der Waals surface area contributed by atoms with Crippen molar-refractivity contribution in [2.75, 3.05) is 6.61 Å². The van der Waals surface area contributed by atoms with Crippen molar-refractivity contribution in [1.82, 2.24) is 23.9 Å². The molecule has 0 atom stereocenters. The summed E-state index contributed by atoms with van der Waals surface area (Å²) in [6.45, 7) is 5.48. The summed E-state index contributed by atoms with van der Waals surface area (Å²) in [4.78, 5) is 35.8. The maximum atomic E-state index is 13.5. The van der Waals surface area contributed by atoms with Crippen LogP contribution in [0.4, 0.5) is 0 Å². The number of para-hydroxylation sites is 1. The molecule has 0 fully saturated rings. The zero-order valence-electron chi connectivity index (χ0n) is 19.3. The van der Waals surface area contributed by atoms with Crippen LogP contribution in [0.15, 0.2) is 59.0 Å². The largest absolute Gasteiger partial charge is 0.469 e. The lowest BCUT2D eigenvalue weighted by Crippen LogP contribution is -2.22. The molecule has 0 unspecified atom stereocenters. The molecule has 172 valence electrons. The van der Waals surface area contributed by atoms with Gasteiger partial charge in [0.15, 0.2) is 6.61 Å². The van der Waals surface area contributed by atoms with E-state index in [4.69, 9.17) is 4.74 Å². The molecule has 0 aliphatic heterocycles. The minimum Gasteiger partial charge on any atom is -0.469 e. The molecule has 0 spiro atoms. The van der Waals surface area contributed by atoms with Crippen molar-refractivity contribution in [3.05, 3.63) is 87.2 Å². The third-order valence-electron chi connectivity index (χ3n) is 6.04. The number of thiophene rings is 1. The van der Waals surface area contributed by atoms with Crippen LogP contribution in [0.25, 0.3) is 21.6 Å².